The van der Waals surface area contributed by atoms with Crippen molar-refractivity contribution in [3.8, 4) is 5.75 Å². The Labute approximate surface area is 170 Å². The molecule has 3 aromatic rings. The van der Waals surface area contributed by atoms with Gasteiger partial charge in [-0.1, -0.05) is 34.1 Å². The van der Waals surface area contributed by atoms with Crippen molar-refractivity contribution in [1.82, 2.24) is 4.98 Å². The lowest BCUT2D eigenvalue weighted by molar-refractivity contribution is -0.127. The monoisotopic (exact) mass is 440 g/mol. The third-order valence-corrected chi connectivity index (χ3v) is 4.39. The molecule has 1 aromatic heterocycles. The second-order valence-corrected chi connectivity index (χ2v) is 6.79. The summed E-state index contributed by atoms with van der Waals surface area (Å²) in [5, 5.41) is 0. The summed E-state index contributed by atoms with van der Waals surface area (Å²) in [5.74, 6) is -0.810. The number of halogens is 1. The van der Waals surface area contributed by atoms with Crippen molar-refractivity contribution in [1.29, 1.82) is 0 Å². The molecule has 1 unspecified atom stereocenters. The molecule has 0 saturated carbocycles. The van der Waals surface area contributed by atoms with Gasteiger partial charge in [-0.3, -0.25) is 9.78 Å². The number of nitrogens with zero attached hydrogens (tertiary/aromatic N) is 1. The standard InChI is InChI=1S/C21H17BrN2O4/c22-16-8-4-14(5-9-16)19(20(23)25)28-21(26)15-6-10-18(11-7-15)27-13-17-3-1-2-12-24-17/h1-12,19H,13H2,(H2,23,25). The highest BCUT2D eigenvalue weighted by Crippen LogP contribution is 2.22. The van der Waals surface area contributed by atoms with Crippen LogP contribution in [0.3, 0.4) is 0 Å². The number of aromatic nitrogens is 1. The SMILES string of the molecule is NC(=O)C(OC(=O)c1ccc(OCc2ccccn2)cc1)c1ccc(Br)cc1. The topological polar surface area (TPSA) is 91.5 Å². The summed E-state index contributed by atoms with van der Waals surface area (Å²) in [7, 11) is 0. The minimum atomic E-state index is -1.17. The Kier molecular flexibility index (Phi) is 6.39. The predicted octanol–water partition coefficient (Wildman–Crippen LogP) is 3.81. The Bertz CT molecular complexity index is 944. The quantitative estimate of drug-likeness (QED) is 0.563. The fraction of sp³-hybridized carbons (Fsp3) is 0.0952. The molecule has 1 amide bonds. The number of carbonyl (C=O) groups is 2. The Hall–Kier alpha value is -3.19. The van der Waals surface area contributed by atoms with Crippen LogP contribution < -0.4 is 10.5 Å². The lowest BCUT2D eigenvalue weighted by Gasteiger charge is -2.15. The lowest BCUT2D eigenvalue weighted by Crippen LogP contribution is -2.26. The molecule has 142 valence electrons. The second kappa shape index (κ2) is 9.14. The van der Waals surface area contributed by atoms with Gasteiger partial charge in [0.05, 0.1) is 11.3 Å². The predicted molar refractivity (Wildman–Crippen MR) is 107 cm³/mol. The summed E-state index contributed by atoms with van der Waals surface area (Å²) in [6.07, 6.45) is 0.527. The van der Waals surface area contributed by atoms with Crippen LogP contribution in [0.4, 0.5) is 0 Å². The number of amides is 1. The van der Waals surface area contributed by atoms with Gasteiger partial charge in [-0.2, -0.15) is 0 Å². The molecular formula is C21H17BrN2O4. The summed E-state index contributed by atoms with van der Waals surface area (Å²) >= 11 is 3.31. The van der Waals surface area contributed by atoms with Gasteiger partial charge in [0, 0.05) is 16.2 Å². The maximum absolute atomic E-state index is 12.4. The molecule has 0 aliphatic rings. The Morgan fingerprint density at radius 2 is 1.71 bits per heavy atom. The zero-order chi connectivity index (χ0) is 19.9. The van der Waals surface area contributed by atoms with Gasteiger partial charge in [0.1, 0.15) is 12.4 Å². The van der Waals surface area contributed by atoms with Gasteiger partial charge in [-0.05, 0) is 48.5 Å². The number of primary amides is 1. The molecule has 0 radical (unpaired) electrons. The van der Waals surface area contributed by atoms with Crippen molar-refractivity contribution in [2.45, 2.75) is 12.7 Å². The number of hydrogen-bond donors (Lipinski definition) is 1. The Balaban J connectivity index is 1.64. The minimum Gasteiger partial charge on any atom is -0.487 e. The zero-order valence-corrected chi connectivity index (χ0v) is 16.3. The fourth-order valence-electron chi connectivity index (χ4n) is 2.43. The Morgan fingerprint density at radius 1 is 1.00 bits per heavy atom. The van der Waals surface area contributed by atoms with Crippen LogP contribution >= 0.6 is 15.9 Å². The van der Waals surface area contributed by atoms with E-state index in [0.29, 0.717) is 17.9 Å². The molecule has 28 heavy (non-hydrogen) atoms. The van der Waals surface area contributed by atoms with Gasteiger partial charge in [-0.15, -0.1) is 0 Å². The summed E-state index contributed by atoms with van der Waals surface area (Å²) in [6.45, 7) is 0.317. The van der Waals surface area contributed by atoms with Crippen LogP contribution in [0.2, 0.25) is 0 Å². The van der Waals surface area contributed by atoms with Crippen molar-refractivity contribution in [2.75, 3.05) is 0 Å². The van der Waals surface area contributed by atoms with Gasteiger partial charge >= 0.3 is 5.97 Å². The number of nitrogens with two attached hydrogens (primary N) is 1. The van der Waals surface area contributed by atoms with Crippen molar-refractivity contribution in [3.05, 3.63) is 94.2 Å². The van der Waals surface area contributed by atoms with Gasteiger partial charge in [0.25, 0.3) is 5.91 Å². The van der Waals surface area contributed by atoms with E-state index in [1.807, 2.05) is 18.2 Å². The molecule has 6 nitrogen and oxygen atoms in total. The number of benzene rings is 2. The number of hydrogen-bond acceptors (Lipinski definition) is 5. The Morgan fingerprint density at radius 3 is 2.32 bits per heavy atom. The first-order chi connectivity index (χ1) is 13.5. The average Bonchev–Trinajstić information content (AvgIpc) is 2.72. The van der Waals surface area contributed by atoms with E-state index in [-0.39, 0.29) is 5.56 Å². The first-order valence-corrected chi connectivity index (χ1v) is 9.21. The van der Waals surface area contributed by atoms with Crippen LogP contribution in [-0.2, 0) is 16.1 Å². The van der Waals surface area contributed by atoms with E-state index in [0.717, 1.165) is 10.2 Å². The van der Waals surface area contributed by atoms with Gasteiger partial charge < -0.3 is 15.2 Å². The van der Waals surface area contributed by atoms with E-state index in [1.165, 1.54) is 0 Å². The van der Waals surface area contributed by atoms with Gasteiger partial charge in [0.2, 0.25) is 6.10 Å². The van der Waals surface area contributed by atoms with E-state index in [9.17, 15) is 9.59 Å². The minimum absolute atomic E-state index is 0.286. The fourth-order valence-corrected chi connectivity index (χ4v) is 2.70. The van der Waals surface area contributed by atoms with Crippen molar-refractivity contribution in [3.63, 3.8) is 0 Å². The van der Waals surface area contributed by atoms with Crippen LogP contribution in [0.25, 0.3) is 0 Å². The third-order valence-electron chi connectivity index (χ3n) is 3.86. The van der Waals surface area contributed by atoms with Gasteiger partial charge in [-0.25, -0.2) is 4.79 Å². The molecular weight excluding hydrogens is 424 g/mol. The van der Waals surface area contributed by atoms with Crippen LogP contribution in [0, 0.1) is 0 Å². The first-order valence-electron chi connectivity index (χ1n) is 8.41. The maximum Gasteiger partial charge on any atom is 0.339 e. The highest BCUT2D eigenvalue weighted by Gasteiger charge is 2.23. The molecule has 1 atom stereocenters. The molecule has 0 aliphatic heterocycles. The van der Waals surface area contributed by atoms with Crippen molar-refractivity contribution in [2.24, 2.45) is 5.73 Å². The molecule has 2 N–H and O–H groups in total. The molecule has 7 heteroatoms. The van der Waals surface area contributed by atoms with E-state index >= 15 is 0 Å². The maximum atomic E-state index is 12.4. The molecule has 3 rings (SSSR count). The van der Waals surface area contributed by atoms with Crippen LogP contribution in [-0.4, -0.2) is 16.9 Å². The smallest absolute Gasteiger partial charge is 0.339 e. The van der Waals surface area contributed by atoms with E-state index < -0.39 is 18.0 Å². The van der Waals surface area contributed by atoms with Crippen LogP contribution in [0.5, 0.6) is 5.75 Å². The van der Waals surface area contributed by atoms with Crippen LogP contribution in [0.1, 0.15) is 27.7 Å². The molecule has 0 fully saturated rings. The summed E-state index contributed by atoms with van der Waals surface area (Å²) in [4.78, 5) is 28.3. The number of esters is 1. The summed E-state index contributed by atoms with van der Waals surface area (Å²) in [6, 6.07) is 18.8. The molecule has 2 aromatic carbocycles. The van der Waals surface area contributed by atoms with Crippen molar-refractivity contribution < 1.29 is 19.1 Å². The summed E-state index contributed by atoms with van der Waals surface area (Å²) in [5.41, 5.74) is 6.98. The first kappa shape index (κ1) is 19.6. The van der Waals surface area contributed by atoms with E-state index in [4.69, 9.17) is 15.2 Å². The lowest BCUT2D eigenvalue weighted by atomic mass is 10.1. The zero-order valence-electron chi connectivity index (χ0n) is 14.7. The average molecular weight is 441 g/mol. The summed E-state index contributed by atoms with van der Waals surface area (Å²) < 4.78 is 11.8. The molecule has 0 bridgehead atoms. The largest absolute Gasteiger partial charge is 0.487 e. The number of ether oxygens (including phenoxy) is 2. The van der Waals surface area contributed by atoms with Crippen molar-refractivity contribution >= 4 is 27.8 Å². The highest BCUT2D eigenvalue weighted by atomic mass is 79.9. The van der Waals surface area contributed by atoms with Gasteiger partial charge in [0.15, 0.2) is 0 Å². The number of pyridine rings is 1. The highest BCUT2D eigenvalue weighted by molar-refractivity contribution is 9.10. The van der Waals surface area contributed by atoms with Crippen LogP contribution in [0.15, 0.2) is 77.4 Å². The molecule has 0 spiro atoms. The van der Waals surface area contributed by atoms with E-state index in [1.54, 1.807) is 54.7 Å². The molecule has 0 saturated heterocycles. The number of rotatable bonds is 7. The third kappa shape index (κ3) is 5.17. The molecule has 0 aliphatic carbocycles. The second-order valence-electron chi connectivity index (χ2n) is 5.87. The normalized spacial score (nSPS) is 11.5. The number of carbonyl (C=O) groups excluding carboxylic acids is 2. The molecule has 1 heterocycles. The van der Waals surface area contributed by atoms with E-state index in [2.05, 4.69) is 20.9 Å².